The number of halogens is 2. The van der Waals surface area contributed by atoms with E-state index < -0.39 is 6.10 Å². The van der Waals surface area contributed by atoms with Crippen molar-refractivity contribution in [3.05, 3.63) is 34.6 Å². The first-order chi connectivity index (χ1) is 6.80. The van der Waals surface area contributed by atoms with Crippen LogP contribution in [-0.4, -0.2) is 11.2 Å². The normalized spacial score (nSPS) is 14.0. The molecule has 1 atom stereocenters. The van der Waals surface area contributed by atoms with Crippen LogP contribution in [0.5, 0.6) is 0 Å². The molecule has 0 aliphatic rings. The summed E-state index contributed by atoms with van der Waals surface area (Å²) in [7, 11) is 0. The lowest BCUT2D eigenvalue weighted by Crippen LogP contribution is -2.28. The van der Waals surface area contributed by atoms with Crippen LogP contribution in [0.1, 0.15) is 26.3 Å². The Hall–Kier alpha value is -0.600. The largest absolute Gasteiger partial charge is 0.392 e. The number of hydrogen-bond donors (Lipinski definition) is 1. The minimum atomic E-state index is -0.486. The zero-order chi connectivity index (χ0) is 11.6. The van der Waals surface area contributed by atoms with Crippen LogP contribution >= 0.6 is 11.6 Å². The molecule has 84 valence electrons. The highest BCUT2D eigenvalue weighted by Gasteiger charge is 2.22. The van der Waals surface area contributed by atoms with Crippen molar-refractivity contribution < 1.29 is 9.50 Å². The van der Waals surface area contributed by atoms with Crippen LogP contribution in [0.3, 0.4) is 0 Å². The second-order valence-corrected chi connectivity index (χ2v) is 5.23. The molecule has 15 heavy (non-hydrogen) atoms. The van der Waals surface area contributed by atoms with E-state index in [4.69, 9.17) is 11.6 Å². The summed E-state index contributed by atoms with van der Waals surface area (Å²) in [6.45, 7) is 5.86. The molecule has 0 fully saturated rings. The second kappa shape index (κ2) is 4.50. The van der Waals surface area contributed by atoms with Crippen molar-refractivity contribution in [2.75, 3.05) is 0 Å². The summed E-state index contributed by atoms with van der Waals surface area (Å²) in [5, 5.41) is 10.3. The van der Waals surface area contributed by atoms with Crippen molar-refractivity contribution in [3.63, 3.8) is 0 Å². The molecule has 0 amide bonds. The topological polar surface area (TPSA) is 20.2 Å². The van der Waals surface area contributed by atoms with Crippen LogP contribution < -0.4 is 0 Å². The first-order valence-electron chi connectivity index (χ1n) is 4.92. The molecular weight excluding hydrogens is 215 g/mol. The van der Waals surface area contributed by atoms with Gasteiger partial charge in [-0.3, -0.25) is 0 Å². The summed E-state index contributed by atoms with van der Waals surface area (Å²) in [6, 6.07) is 4.25. The molecule has 1 unspecified atom stereocenters. The first kappa shape index (κ1) is 12.5. The minimum absolute atomic E-state index is 0.197. The van der Waals surface area contributed by atoms with E-state index in [0.29, 0.717) is 11.4 Å². The quantitative estimate of drug-likeness (QED) is 0.826. The van der Waals surface area contributed by atoms with Crippen LogP contribution in [0.4, 0.5) is 4.39 Å². The number of aliphatic hydroxyl groups is 1. The minimum Gasteiger partial charge on any atom is -0.392 e. The molecule has 3 heteroatoms. The zero-order valence-electron chi connectivity index (χ0n) is 9.22. The van der Waals surface area contributed by atoms with E-state index >= 15 is 0 Å². The fourth-order valence-corrected chi connectivity index (χ4v) is 1.45. The van der Waals surface area contributed by atoms with E-state index in [2.05, 4.69) is 0 Å². The first-order valence-corrected chi connectivity index (χ1v) is 5.30. The molecule has 0 bridgehead atoms. The van der Waals surface area contributed by atoms with Gasteiger partial charge in [-0.15, -0.1) is 0 Å². The van der Waals surface area contributed by atoms with Gasteiger partial charge in [-0.25, -0.2) is 4.39 Å². The van der Waals surface area contributed by atoms with Gasteiger partial charge in [-0.2, -0.15) is 0 Å². The number of aliphatic hydroxyl groups excluding tert-OH is 1. The van der Waals surface area contributed by atoms with Gasteiger partial charge >= 0.3 is 0 Å². The van der Waals surface area contributed by atoms with Gasteiger partial charge in [0.25, 0.3) is 0 Å². The Morgan fingerprint density at radius 2 is 2.00 bits per heavy atom. The number of benzene rings is 1. The van der Waals surface area contributed by atoms with Gasteiger partial charge in [-0.1, -0.05) is 38.4 Å². The maximum Gasteiger partial charge on any atom is 0.124 e. The molecule has 0 aliphatic heterocycles. The molecule has 0 aromatic heterocycles. The molecule has 0 spiro atoms. The molecule has 1 nitrogen and oxygen atoms in total. The van der Waals surface area contributed by atoms with Gasteiger partial charge in [-0.05, 0) is 23.1 Å². The van der Waals surface area contributed by atoms with Crippen molar-refractivity contribution in [2.45, 2.75) is 33.3 Å². The van der Waals surface area contributed by atoms with E-state index in [1.54, 1.807) is 6.07 Å². The van der Waals surface area contributed by atoms with E-state index in [-0.39, 0.29) is 11.2 Å². The lowest BCUT2D eigenvalue weighted by Gasteiger charge is -2.26. The summed E-state index contributed by atoms with van der Waals surface area (Å²) in [5.74, 6) is -0.353. The third-order valence-electron chi connectivity index (χ3n) is 2.43. The van der Waals surface area contributed by atoms with Gasteiger partial charge in [0.1, 0.15) is 5.82 Å². The predicted molar refractivity (Wildman–Crippen MR) is 60.6 cm³/mol. The smallest absolute Gasteiger partial charge is 0.124 e. The molecule has 1 rings (SSSR count). The summed E-state index contributed by atoms with van der Waals surface area (Å²) >= 11 is 5.87. The van der Waals surface area contributed by atoms with E-state index in [0.717, 1.165) is 5.56 Å². The lowest BCUT2D eigenvalue weighted by molar-refractivity contribution is 0.0636. The Morgan fingerprint density at radius 1 is 1.40 bits per heavy atom. The Balaban J connectivity index is 2.82. The maximum atomic E-state index is 12.8. The fraction of sp³-hybridized carbons (Fsp3) is 0.500. The third kappa shape index (κ3) is 3.47. The molecule has 0 heterocycles. The lowest BCUT2D eigenvalue weighted by atomic mass is 9.85. The summed E-state index contributed by atoms with van der Waals surface area (Å²) < 4.78 is 12.8. The summed E-state index contributed by atoms with van der Waals surface area (Å²) in [5.41, 5.74) is 0.582. The summed E-state index contributed by atoms with van der Waals surface area (Å²) in [6.07, 6.45) is -0.0386. The maximum absolute atomic E-state index is 12.8. The molecule has 0 radical (unpaired) electrons. The molecule has 0 aliphatic carbocycles. The standard InChI is InChI=1S/C12H16ClFO/c1-12(2,3)11(15)6-8-4-5-9(14)7-10(8)13/h4-5,7,11,15H,6H2,1-3H3. The van der Waals surface area contributed by atoms with Crippen LogP contribution in [0.25, 0.3) is 0 Å². The van der Waals surface area contributed by atoms with E-state index in [9.17, 15) is 9.50 Å². The van der Waals surface area contributed by atoms with E-state index in [1.807, 2.05) is 20.8 Å². The van der Waals surface area contributed by atoms with Gasteiger partial charge < -0.3 is 5.11 Å². The highest BCUT2D eigenvalue weighted by molar-refractivity contribution is 6.31. The monoisotopic (exact) mass is 230 g/mol. The average molecular weight is 231 g/mol. The SMILES string of the molecule is CC(C)(C)C(O)Cc1ccc(F)cc1Cl. The average Bonchev–Trinajstić information content (AvgIpc) is 2.08. The second-order valence-electron chi connectivity index (χ2n) is 4.82. The zero-order valence-corrected chi connectivity index (χ0v) is 9.98. The van der Waals surface area contributed by atoms with Crippen molar-refractivity contribution in [3.8, 4) is 0 Å². The Kier molecular flexibility index (Phi) is 3.74. The Bertz CT molecular complexity index is 344. The Morgan fingerprint density at radius 3 is 2.47 bits per heavy atom. The van der Waals surface area contributed by atoms with Gasteiger partial charge in [0.15, 0.2) is 0 Å². The molecule has 1 aromatic rings. The van der Waals surface area contributed by atoms with Crippen LogP contribution in [0, 0.1) is 11.2 Å². The number of rotatable bonds is 2. The third-order valence-corrected chi connectivity index (χ3v) is 2.78. The molecule has 0 saturated heterocycles. The predicted octanol–water partition coefficient (Wildman–Crippen LogP) is 3.43. The van der Waals surface area contributed by atoms with Gasteiger partial charge in [0, 0.05) is 11.4 Å². The number of hydrogen-bond acceptors (Lipinski definition) is 1. The molecular formula is C12H16ClFO. The van der Waals surface area contributed by atoms with Gasteiger partial charge in [0.05, 0.1) is 6.10 Å². The molecule has 1 N–H and O–H groups in total. The van der Waals surface area contributed by atoms with Crippen LogP contribution in [0.2, 0.25) is 5.02 Å². The fourth-order valence-electron chi connectivity index (χ4n) is 1.20. The molecule has 0 saturated carbocycles. The van der Waals surface area contributed by atoms with Crippen molar-refractivity contribution in [1.82, 2.24) is 0 Å². The van der Waals surface area contributed by atoms with Crippen molar-refractivity contribution in [1.29, 1.82) is 0 Å². The highest BCUT2D eigenvalue weighted by Crippen LogP contribution is 2.25. The summed E-state index contributed by atoms with van der Waals surface area (Å²) in [4.78, 5) is 0. The Labute approximate surface area is 94.9 Å². The van der Waals surface area contributed by atoms with Crippen LogP contribution in [0.15, 0.2) is 18.2 Å². The van der Waals surface area contributed by atoms with Gasteiger partial charge in [0.2, 0.25) is 0 Å². The van der Waals surface area contributed by atoms with Crippen LogP contribution in [-0.2, 0) is 6.42 Å². The van der Waals surface area contributed by atoms with Crippen molar-refractivity contribution >= 4 is 11.6 Å². The highest BCUT2D eigenvalue weighted by atomic mass is 35.5. The van der Waals surface area contributed by atoms with E-state index in [1.165, 1.54) is 12.1 Å². The van der Waals surface area contributed by atoms with Crippen molar-refractivity contribution in [2.24, 2.45) is 5.41 Å². The molecule has 1 aromatic carbocycles.